The van der Waals surface area contributed by atoms with Gasteiger partial charge in [-0.1, -0.05) is 19.0 Å². The average Bonchev–Trinajstić information content (AvgIpc) is 2.23. The van der Waals surface area contributed by atoms with E-state index in [-0.39, 0.29) is 11.3 Å². The number of methoxy groups -OCH3 is 1. The maximum absolute atomic E-state index is 9.36. The maximum atomic E-state index is 9.36. The lowest BCUT2D eigenvalue weighted by molar-refractivity contribution is 0.0644. The molecule has 0 radical (unpaired) electrons. The first-order chi connectivity index (χ1) is 7.44. The Labute approximate surface area is 96.5 Å². The summed E-state index contributed by atoms with van der Waals surface area (Å²) in [6, 6.07) is 0. The summed E-state index contributed by atoms with van der Waals surface area (Å²) in [7, 11) is 1.55. The number of aliphatic hydroxyl groups is 1. The molecule has 0 aromatic heterocycles. The van der Waals surface area contributed by atoms with Gasteiger partial charge in [0, 0.05) is 19.1 Å². The van der Waals surface area contributed by atoms with Crippen molar-refractivity contribution in [2.24, 2.45) is 16.3 Å². The third-order valence-corrected chi connectivity index (χ3v) is 2.47. The van der Waals surface area contributed by atoms with Gasteiger partial charge in [0.15, 0.2) is 0 Å². The zero-order chi connectivity index (χ0) is 12.6. The molecule has 0 bridgehead atoms. The maximum Gasteiger partial charge on any atom is 0.144 e. The number of hydrogen-bond acceptors (Lipinski definition) is 5. The van der Waals surface area contributed by atoms with Gasteiger partial charge >= 0.3 is 0 Å². The molecule has 96 valence electrons. The van der Waals surface area contributed by atoms with Crippen LogP contribution in [0, 0.1) is 5.41 Å². The number of ether oxygens (including phenoxy) is 1. The minimum Gasteiger partial charge on any atom is -0.409 e. The average molecular weight is 233 g/mol. The van der Waals surface area contributed by atoms with Gasteiger partial charge in [-0.25, -0.2) is 0 Å². The first-order valence-electron chi connectivity index (χ1n) is 5.29. The topological polar surface area (TPSA) is 100 Å². The normalized spacial score (nSPS) is 15.1. The molecule has 0 heterocycles. The lowest BCUT2D eigenvalue weighted by Gasteiger charge is -2.23. The summed E-state index contributed by atoms with van der Waals surface area (Å²) in [4.78, 5) is 0. The molecule has 0 aliphatic carbocycles. The van der Waals surface area contributed by atoms with Crippen LogP contribution in [0.2, 0.25) is 0 Å². The highest BCUT2D eigenvalue weighted by molar-refractivity contribution is 5.85. The highest BCUT2D eigenvalue weighted by Crippen LogP contribution is 2.19. The molecule has 0 amide bonds. The van der Waals surface area contributed by atoms with Crippen LogP contribution >= 0.6 is 0 Å². The first-order valence-corrected chi connectivity index (χ1v) is 5.29. The van der Waals surface area contributed by atoms with E-state index in [1.54, 1.807) is 7.11 Å². The quantitative estimate of drug-likeness (QED) is 0.152. The van der Waals surface area contributed by atoms with Crippen molar-refractivity contribution in [3.05, 3.63) is 0 Å². The summed E-state index contributed by atoms with van der Waals surface area (Å²) in [6.45, 7) is 5.27. The fraction of sp³-hybridized carbons (Fsp3) is 0.900. The van der Waals surface area contributed by atoms with E-state index >= 15 is 0 Å². The molecule has 0 aromatic carbocycles. The number of amidine groups is 1. The summed E-state index contributed by atoms with van der Waals surface area (Å²) >= 11 is 0. The lowest BCUT2D eigenvalue weighted by atomic mass is 9.88. The van der Waals surface area contributed by atoms with Gasteiger partial charge in [0.05, 0.1) is 12.7 Å². The van der Waals surface area contributed by atoms with E-state index in [4.69, 9.17) is 15.7 Å². The predicted molar refractivity (Wildman–Crippen MR) is 62.6 cm³/mol. The standard InChI is InChI=1S/C10H23N3O3/c1-10(2,9(11)13-15)4-5-12-6-8(14)7-16-3/h8,12,14-15H,4-7H2,1-3H3,(H2,11,13). The Balaban J connectivity index is 3.74. The molecule has 0 aromatic rings. The third kappa shape index (κ3) is 5.89. The van der Waals surface area contributed by atoms with Gasteiger partial charge in [-0.2, -0.15) is 0 Å². The van der Waals surface area contributed by atoms with Crippen LogP contribution < -0.4 is 11.1 Å². The van der Waals surface area contributed by atoms with Crippen LogP contribution in [0.5, 0.6) is 0 Å². The van der Waals surface area contributed by atoms with Gasteiger partial charge in [-0.15, -0.1) is 0 Å². The highest BCUT2D eigenvalue weighted by atomic mass is 16.5. The van der Waals surface area contributed by atoms with Gasteiger partial charge in [0.1, 0.15) is 5.84 Å². The number of nitrogens with two attached hydrogens (primary N) is 1. The zero-order valence-corrected chi connectivity index (χ0v) is 10.2. The van der Waals surface area contributed by atoms with Crippen molar-refractivity contribution in [2.45, 2.75) is 26.4 Å². The molecule has 0 rings (SSSR count). The summed E-state index contributed by atoms with van der Waals surface area (Å²) in [5.74, 6) is 0.215. The molecule has 0 aliphatic heterocycles. The second kappa shape index (κ2) is 7.43. The molecular weight excluding hydrogens is 210 g/mol. The van der Waals surface area contributed by atoms with Crippen molar-refractivity contribution in [3.63, 3.8) is 0 Å². The number of aliphatic hydroxyl groups excluding tert-OH is 1. The second-order valence-corrected chi connectivity index (χ2v) is 4.43. The third-order valence-electron chi connectivity index (χ3n) is 2.47. The van der Waals surface area contributed by atoms with E-state index in [1.807, 2.05) is 13.8 Å². The molecule has 5 N–H and O–H groups in total. The first kappa shape index (κ1) is 15.2. The Bertz CT molecular complexity index is 219. The molecule has 0 saturated heterocycles. The Kier molecular flexibility index (Phi) is 7.03. The van der Waals surface area contributed by atoms with Crippen molar-refractivity contribution >= 4 is 5.84 Å². The Morgan fingerprint density at radius 2 is 2.19 bits per heavy atom. The highest BCUT2D eigenvalue weighted by Gasteiger charge is 2.22. The summed E-state index contributed by atoms with van der Waals surface area (Å²) < 4.78 is 4.80. The van der Waals surface area contributed by atoms with Crippen molar-refractivity contribution in [1.82, 2.24) is 5.32 Å². The number of nitrogens with one attached hydrogen (secondary N) is 1. The van der Waals surface area contributed by atoms with Crippen LogP contribution in [0.25, 0.3) is 0 Å². The number of nitrogens with zero attached hydrogens (tertiary/aromatic N) is 1. The van der Waals surface area contributed by atoms with E-state index in [0.717, 1.165) is 6.42 Å². The van der Waals surface area contributed by atoms with Crippen LogP contribution in [0.4, 0.5) is 0 Å². The zero-order valence-electron chi connectivity index (χ0n) is 10.2. The van der Waals surface area contributed by atoms with E-state index in [0.29, 0.717) is 19.7 Å². The fourth-order valence-electron chi connectivity index (χ4n) is 1.18. The van der Waals surface area contributed by atoms with E-state index < -0.39 is 6.10 Å². The van der Waals surface area contributed by atoms with Gasteiger partial charge in [0.25, 0.3) is 0 Å². The molecule has 0 aliphatic rings. The molecule has 6 nitrogen and oxygen atoms in total. The summed E-state index contributed by atoms with van der Waals surface area (Å²) in [5, 5.41) is 24.0. The minimum atomic E-state index is -0.503. The Hall–Kier alpha value is -0.850. The van der Waals surface area contributed by atoms with Gasteiger partial charge in [0.2, 0.25) is 0 Å². The predicted octanol–water partition coefficient (Wildman–Crippen LogP) is -0.254. The minimum absolute atomic E-state index is 0.215. The van der Waals surface area contributed by atoms with Crippen LogP contribution in [0.15, 0.2) is 5.16 Å². The molecule has 1 atom stereocenters. The van der Waals surface area contributed by atoms with Gasteiger partial charge in [-0.05, 0) is 13.0 Å². The molecule has 0 fully saturated rings. The molecule has 0 saturated carbocycles. The lowest BCUT2D eigenvalue weighted by Crippen LogP contribution is -2.37. The summed E-state index contributed by atoms with van der Waals surface area (Å²) in [5.41, 5.74) is 5.19. The second-order valence-electron chi connectivity index (χ2n) is 4.43. The Morgan fingerprint density at radius 1 is 1.56 bits per heavy atom. The summed E-state index contributed by atoms with van der Waals surface area (Å²) in [6.07, 6.45) is 0.222. The van der Waals surface area contributed by atoms with Crippen molar-refractivity contribution in [3.8, 4) is 0 Å². The van der Waals surface area contributed by atoms with E-state index in [1.165, 1.54) is 0 Å². The molecule has 6 heteroatoms. The monoisotopic (exact) mass is 233 g/mol. The van der Waals surface area contributed by atoms with Crippen molar-refractivity contribution < 1.29 is 15.1 Å². The number of rotatable bonds is 8. The molecular formula is C10H23N3O3. The van der Waals surface area contributed by atoms with E-state index in [2.05, 4.69) is 10.5 Å². The smallest absolute Gasteiger partial charge is 0.144 e. The molecule has 16 heavy (non-hydrogen) atoms. The van der Waals surface area contributed by atoms with Crippen LogP contribution in [-0.4, -0.2) is 49.1 Å². The van der Waals surface area contributed by atoms with Gasteiger partial charge in [-0.3, -0.25) is 0 Å². The van der Waals surface area contributed by atoms with E-state index in [9.17, 15) is 5.11 Å². The Morgan fingerprint density at radius 3 is 2.69 bits per heavy atom. The van der Waals surface area contributed by atoms with Crippen LogP contribution in [-0.2, 0) is 4.74 Å². The van der Waals surface area contributed by atoms with Crippen LogP contribution in [0.1, 0.15) is 20.3 Å². The van der Waals surface area contributed by atoms with Gasteiger partial charge < -0.3 is 26.1 Å². The SMILES string of the molecule is COCC(O)CNCCC(C)(C)C(N)=NO. The van der Waals surface area contributed by atoms with Crippen LogP contribution in [0.3, 0.4) is 0 Å². The number of oxime groups is 1. The van der Waals surface area contributed by atoms with Crippen molar-refractivity contribution in [2.75, 3.05) is 26.8 Å². The fourth-order valence-corrected chi connectivity index (χ4v) is 1.18. The van der Waals surface area contributed by atoms with Crippen molar-refractivity contribution in [1.29, 1.82) is 0 Å². The largest absolute Gasteiger partial charge is 0.409 e. The molecule has 1 unspecified atom stereocenters. The molecule has 0 spiro atoms. The number of hydrogen-bond donors (Lipinski definition) is 4.